The van der Waals surface area contributed by atoms with E-state index in [1.165, 1.54) is 88.0 Å². The highest BCUT2D eigenvalue weighted by atomic mass is 14.2. The Kier molecular flexibility index (Phi) is 6.91. The standard InChI is InChI=1S/C48H32/c1-4-15-33(16-5-1)38-28-39(34-17-6-2-7-18-34)30-40(29-38)36-21-14-22-37(27-36)41-31-46(35-19-8-3-9-20-35)48-45-26-13-12-24-43(45)42-23-10-11-25-44(42)47(48)32-41/h1-32H. The molecular formula is C48H32. The zero-order chi connectivity index (χ0) is 31.9. The number of fused-ring (bicyclic) bond motifs is 6. The van der Waals surface area contributed by atoms with Crippen LogP contribution in [0.15, 0.2) is 194 Å². The Morgan fingerprint density at radius 3 is 1.08 bits per heavy atom. The third kappa shape index (κ3) is 4.96. The molecule has 0 nitrogen and oxygen atoms in total. The van der Waals surface area contributed by atoms with Crippen molar-refractivity contribution in [1.29, 1.82) is 0 Å². The quantitative estimate of drug-likeness (QED) is 0.171. The molecule has 0 fully saturated rings. The Balaban J connectivity index is 1.28. The summed E-state index contributed by atoms with van der Waals surface area (Å²) in [6.45, 7) is 0. The largest absolute Gasteiger partial charge is 0.0622 e. The van der Waals surface area contributed by atoms with Crippen molar-refractivity contribution in [3.8, 4) is 55.6 Å². The zero-order valence-corrected chi connectivity index (χ0v) is 26.5. The lowest BCUT2D eigenvalue weighted by atomic mass is 9.86. The van der Waals surface area contributed by atoms with Crippen molar-refractivity contribution < 1.29 is 0 Å². The van der Waals surface area contributed by atoms with Crippen LogP contribution < -0.4 is 0 Å². The van der Waals surface area contributed by atoms with Crippen LogP contribution in [0.25, 0.3) is 88.0 Å². The molecule has 0 aromatic heterocycles. The molecule has 0 aliphatic carbocycles. The Bertz CT molecular complexity index is 2520. The minimum Gasteiger partial charge on any atom is -0.0622 e. The van der Waals surface area contributed by atoms with Gasteiger partial charge in [-0.15, -0.1) is 0 Å². The van der Waals surface area contributed by atoms with Crippen LogP contribution in [0.1, 0.15) is 0 Å². The van der Waals surface area contributed by atoms with Gasteiger partial charge in [0.25, 0.3) is 0 Å². The topological polar surface area (TPSA) is 0 Å². The van der Waals surface area contributed by atoms with Crippen LogP contribution in [-0.2, 0) is 0 Å². The van der Waals surface area contributed by atoms with E-state index in [9.17, 15) is 0 Å². The Labute approximate surface area is 281 Å². The molecule has 0 saturated carbocycles. The molecule has 48 heavy (non-hydrogen) atoms. The summed E-state index contributed by atoms with van der Waals surface area (Å²) >= 11 is 0. The molecule has 0 heterocycles. The van der Waals surface area contributed by atoms with E-state index in [0.717, 1.165) is 0 Å². The first-order valence-corrected chi connectivity index (χ1v) is 16.6. The fourth-order valence-electron chi connectivity index (χ4n) is 7.31. The maximum absolute atomic E-state index is 2.41. The summed E-state index contributed by atoms with van der Waals surface area (Å²) in [6.07, 6.45) is 0. The molecule has 0 radical (unpaired) electrons. The highest BCUT2D eigenvalue weighted by molar-refractivity contribution is 6.29. The fraction of sp³-hybridized carbons (Fsp3) is 0. The van der Waals surface area contributed by atoms with Gasteiger partial charge in [0.15, 0.2) is 0 Å². The van der Waals surface area contributed by atoms with Crippen molar-refractivity contribution in [1.82, 2.24) is 0 Å². The number of rotatable bonds is 5. The lowest BCUT2D eigenvalue weighted by Crippen LogP contribution is -1.90. The second-order valence-corrected chi connectivity index (χ2v) is 12.5. The summed E-state index contributed by atoms with van der Waals surface area (Å²) in [7, 11) is 0. The summed E-state index contributed by atoms with van der Waals surface area (Å²) in [5.41, 5.74) is 12.2. The fourth-order valence-corrected chi connectivity index (χ4v) is 7.31. The van der Waals surface area contributed by atoms with Gasteiger partial charge in [-0.3, -0.25) is 0 Å². The molecule has 9 aromatic carbocycles. The number of hydrogen-bond acceptors (Lipinski definition) is 0. The van der Waals surface area contributed by atoms with Gasteiger partial charge in [-0.2, -0.15) is 0 Å². The molecular weight excluding hydrogens is 577 g/mol. The molecule has 0 amide bonds. The average molecular weight is 609 g/mol. The minimum atomic E-state index is 1.20. The first-order valence-electron chi connectivity index (χ1n) is 16.6. The molecule has 0 heteroatoms. The third-order valence-corrected chi connectivity index (χ3v) is 9.60. The van der Waals surface area contributed by atoms with E-state index in [2.05, 4.69) is 194 Å². The highest BCUT2D eigenvalue weighted by Crippen LogP contribution is 2.43. The van der Waals surface area contributed by atoms with Crippen LogP contribution >= 0.6 is 0 Å². The molecule has 0 saturated heterocycles. The van der Waals surface area contributed by atoms with Crippen LogP contribution in [0.5, 0.6) is 0 Å². The predicted octanol–water partition coefficient (Wildman–Crippen LogP) is 13.5. The lowest BCUT2D eigenvalue weighted by Gasteiger charge is -2.17. The highest BCUT2D eigenvalue weighted by Gasteiger charge is 2.16. The summed E-state index contributed by atoms with van der Waals surface area (Å²) in [4.78, 5) is 0. The van der Waals surface area contributed by atoms with Crippen LogP contribution in [0.4, 0.5) is 0 Å². The summed E-state index contributed by atoms with van der Waals surface area (Å²) < 4.78 is 0. The Morgan fingerprint density at radius 2 is 0.542 bits per heavy atom. The third-order valence-electron chi connectivity index (χ3n) is 9.60. The summed E-state index contributed by atoms with van der Waals surface area (Å²) in [5.74, 6) is 0. The molecule has 0 spiro atoms. The average Bonchev–Trinajstić information content (AvgIpc) is 3.18. The Hall–Kier alpha value is -6.24. The molecule has 9 aromatic rings. The first-order chi connectivity index (χ1) is 23.8. The van der Waals surface area contributed by atoms with Crippen molar-refractivity contribution in [3.05, 3.63) is 194 Å². The summed E-state index contributed by atoms with van der Waals surface area (Å²) in [5, 5.41) is 7.74. The van der Waals surface area contributed by atoms with Crippen LogP contribution in [0.2, 0.25) is 0 Å². The summed E-state index contributed by atoms with van der Waals surface area (Å²) in [6, 6.07) is 70.8. The van der Waals surface area contributed by atoms with E-state index in [0.29, 0.717) is 0 Å². The van der Waals surface area contributed by atoms with E-state index < -0.39 is 0 Å². The van der Waals surface area contributed by atoms with Gasteiger partial charge in [-0.1, -0.05) is 158 Å². The van der Waals surface area contributed by atoms with Gasteiger partial charge in [0.2, 0.25) is 0 Å². The van der Waals surface area contributed by atoms with E-state index in [4.69, 9.17) is 0 Å². The first kappa shape index (κ1) is 28.0. The van der Waals surface area contributed by atoms with Crippen molar-refractivity contribution in [3.63, 3.8) is 0 Å². The van der Waals surface area contributed by atoms with E-state index in [1.807, 2.05) is 0 Å². The van der Waals surface area contributed by atoms with Crippen LogP contribution in [-0.4, -0.2) is 0 Å². The molecule has 0 N–H and O–H groups in total. The molecule has 9 rings (SSSR count). The molecule has 224 valence electrons. The van der Waals surface area contributed by atoms with Gasteiger partial charge in [-0.05, 0) is 124 Å². The molecule has 0 atom stereocenters. The zero-order valence-electron chi connectivity index (χ0n) is 26.5. The van der Waals surface area contributed by atoms with Gasteiger partial charge in [0, 0.05) is 0 Å². The SMILES string of the molecule is c1ccc(-c2cc(-c3ccccc3)cc(-c3cccc(-c4cc(-c5ccccc5)c5c6ccccc6c6ccccc6c5c4)c3)c2)cc1. The van der Waals surface area contributed by atoms with Crippen molar-refractivity contribution in [2.45, 2.75) is 0 Å². The van der Waals surface area contributed by atoms with Crippen LogP contribution in [0, 0.1) is 0 Å². The number of hydrogen-bond donors (Lipinski definition) is 0. The van der Waals surface area contributed by atoms with Gasteiger partial charge in [-0.25, -0.2) is 0 Å². The maximum Gasteiger partial charge on any atom is -0.00199 e. The monoisotopic (exact) mass is 608 g/mol. The number of benzene rings is 9. The van der Waals surface area contributed by atoms with E-state index in [-0.39, 0.29) is 0 Å². The van der Waals surface area contributed by atoms with Gasteiger partial charge < -0.3 is 0 Å². The van der Waals surface area contributed by atoms with Crippen molar-refractivity contribution in [2.24, 2.45) is 0 Å². The minimum absolute atomic E-state index is 1.20. The molecule has 0 aliphatic heterocycles. The smallest absolute Gasteiger partial charge is 0.00199 e. The molecule has 0 unspecified atom stereocenters. The van der Waals surface area contributed by atoms with Gasteiger partial charge >= 0.3 is 0 Å². The molecule has 0 aliphatic rings. The van der Waals surface area contributed by atoms with Crippen LogP contribution in [0.3, 0.4) is 0 Å². The van der Waals surface area contributed by atoms with Gasteiger partial charge in [0.1, 0.15) is 0 Å². The van der Waals surface area contributed by atoms with Gasteiger partial charge in [0.05, 0.1) is 0 Å². The normalized spacial score (nSPS) is 11.3. The second kappa shape index (κ2) is 11.8. The van der Waals surface area contributed by atoms with Crippen molar-refractivity contribution in [2.75, 3.05) is 0 Å². The molecule has 0 bridgehead atoms. The van der Waals surface area contributed by atoms with E-state index >= 15 is 0 Å². The predicted molar refractivity (Wildman–Crippen MR) is 206 cm³/mol. The lowest BCUT2D eigenvalue weighted by molar-refractivity contribution is 1.56. The Morgan fingerprint density at radius 1 is 0.188 bits per heavy atom. The van der Waals surface area contributed by atoms with Crippen molar-refractivity contribution >= 4 is 32.3 Å². The maximum atomic E-state index is 2.41. The van der Waals surface area contributed by atoms with E-state index in [1.54, 1.807) is 0 Å². The second-order valence-electron chi connectivity index (χ2n) is 12.5.